The van der Waals surface area contributed by atoms with Gasteiger partial charge < -0.3 is 14.7 Å². The van der Waals surface area contributed by atoms with Gasteiger partial charge in [0.2, 0.25) is 0 Å². The van der Waals surface area contributed by atoms with E-state index in [1.165, 1.54) is 24.1 Å². The second-order valence-electron chi connectivity index (χ2n) is 7.64. The van der Waals surface area contributed by atoms with Crippen LogP contribution in [0.1, 0.15) is 27.9 Å². The molecule has 1 unspecified atom stereocenters. The fourth-order valence-electron chi connectivity index (χ4n) is 3.99. The second-order valence-corrected chi connectivity index (χ2v) is 8.08. The standard InChI is InChI=1S/C24H19ClN2O6/c1-33-22-10-9-16(12-20(22)27(31)32)21(28)13-24(30)18-7-2-3-8-19(18)26(23(24)29)14-15-5-4-6-17(25)11-15/h2-12,30H,13-14H2,1H3. The number of nitro benzene ring substituents is 1. The van der Waals surface area contributed by atoms with E-state index in [-0.39, 0.29) is 23.5 Å². The van der Waals surface area contributed by atoms with Gasteiger partial charge in [-0.3, -0.25) is 19.7 Å². The summed E-state index contributed by atoms with van der Waals surface area (Å²) in [6, 6.07) is 17.5. The topological polar surface area (TPSA) is 110 Å². The van der Waals surface area contributed by atoms with Crippen molar-refractivity contribution in [1.82, 2.24) is 0 Å². The van der Waals surface area contributed by atoms with Gasteiger partial charge in [-0.25, -0.2) is 0 Å². The van der Waals surface area contributed by atoms with Crippen molar-refractivity contribution < 1.29 is 24.4 Å². The molecule has 0 saturated carbocycles. The Morgan fingerprint density at radius 3 is 2.61 bits per heavy atom. The number of carbonyl (C=O) groups excluding carboxylic acids is 2. The Hall–Kier alpha value is -3.75. The van der Waals surface area contributed by atoms with Crippen LogP contribution in [0.15, 0.2) is 66.7 Å². The summed E-state index contributed by atoms with van der Waals surface area (Å²) in [6.07, 6.45) is -0.571. The quantitative estimate of drug-likeness (QED) is 0.316. The van der Waals surface area contributed by atoms with E-state index >= 15 is 0 Å². The van der Waals surface area contributed by atoms with Gasteiger partial charge in [-0.1, -0.05) is 41.9 Å². The number of fused-ring (bicyclic) bond motifs is 1. The summed E-state index contributed by atoms with van der Waals surface area (Å²) in [6.45, 7) is 0.154. The molecule has 9 heteroatoms. The van der Waals surface area contributed by atoms with E-state index in [0.717, 1.165) is 11.6 Å². The minimum Gasteiger partial charge on any atom is -0.490 e. The number of ether oxygens (including phenoxy) is 1. The smallest absolute Gasteiger partial charge is 0.311 e. The molecule has 1 N–H and O–H groups in total. The van der Waals surface area contributed by atoms with Crippen LogP contribution in [0.4, 0.5) is 11.4 Å². The number of nitro groups is 1. The van der Waals surface area contributed by atoms with Crippen LogP contribution in [0.5, 0.6) is 5.75 Å². The summed E-state index contributed by atoms with van der Waals surface area (Å²) >= 11 is 6.06. The summed E-state index contributed by atoms with van der Waals surface area (Å²) in [5.41, 5.74) is -0.953. The van der Waals surface area contributed by atoms with Crippen LogP contribution in [-0.2, 0) is 16.9 Å². The number of Topliss-reactive ketones (excluding diaryl/α,β-unsaturated/α-hetero) is 1. The summed E-state index contributed by atoms with van der Waals surface area (Å²) in [5, 5.41) is 23.3. The number of amides is 1. The summed E-state index contributed by atoms with van der Waals surface area (Å²) in [4.78, 5) is 38.5. The molecule has 168 valence electrons. The third-order valence-electron chi connectivity index (χ3n) is 5.58. The molecular weight excluding hydrogens is 448 g/mol. The minimum atomic E-state index is -2.11. The Morgan fingerprint density at radius 2 is 1.91 bits per heavy atom. The van der Waals surface area contributed by atoms with Crippen LogP contribution < -0.4 is 9.64 Å². The number of para-hydroxylation sites is 1. The molecule has 3 aromatic carbocycles. The molecule has 1 amide bonds. The Labute approximate surface area is 194 Å². The summed E-state index contributed by atoms with van der Waals surface area (Å²) < 4.78 is 4.96. The van der Waals surface area contributed by atoms with Crippen molar-refractivity contribution in [2.45, 2.75) is 18.6 Å². The zero-order chi connectivity index (χ0) is 23.8. The third kappa shape index (κ3) is 4.06. The first-order valence-electron chi connectivity index (χ1n) is 9.98. The molecule has 4 rings (SSSR count). The summed E-state index contributed by atoms with van der Waals surface area (Å²) in [7, 11) is 1.29. The average molecular weight is 467 g/mol. The molecule has 1 aliphatic heterocycles. The Morgan fingerprint density at radius 1 is 1.15 bits per heavy atom. The number of carbonyl (C=O) groups is 2. The number of hydrogen-bond donors (Lipinski definition) is 1. The van der Waals surface area contributed by atoms with E-state index in [1.807, 2.05) is 0 Å². The largest absolute Gasteiger partial charge is 0.490 e. The zero-order valence-electron chi connectivity index (χ0n) is 17.5. The first-order chi connectivity index (χ1) is 15.7. The maximum atomic E-state index is 13.4. The lowest BCUT2D eigenvalue weighted by atomic mass is 9.88. The maximum absolute atomic E-state index is 13.4. The molecule has 8 nitrogen and oxygen atoms in total. The Kier molecular flexibility index (Phi) is 5.88. The Bertz CT molecular complexity index is 1280. The fraction of sp³-hybridized carbons (Fsp3) is 0.167. The van der Waals surface area contributed by atoms with Gasteiger partial charge in [-0.2, -0.15) is 0 Å². The van der Waals surface area contributed by atoms with Gasteiger partial charge in [0.15, 0.2) is 17.1 Å². The predicted octanol–water partition coefficient (Wildman–Crippen LogP) is 4.26. The van der Waals surface area contributed by atoms with Gasteiger partial charge in [0.25, 0.3) is 5.91 Å². The second kappa shape index (κ2) is 8.65. The predicted molar refractivity (Wildman–Crippen MR) is 122 cm³/mol. The molecule has 0 saturated heterocycles. The maximum Gasteiger partial charge on any atom is 0.311 e. The highest BCUT2D eigenvalue weighted by atomic mass is 35.5. The van der Waals surface area contributed by atoms with Crippen molar-refractivity contribution in [2.24, 2.45) is 0 Å². The number of rotatable bonds is 7. The minimum absolute atomic E-state index is 0.00486. The van der Waals surface area contributed by atoms with Crippen molar-refractivity contribution in [3.63, 3.8) is 0 Å². The number of aliphatic hydroxyl groups is 1. The van der Waals surface area contributed by atoms with Crippen LogP contribution >= 0.6 is 11.6 Å². The number of anilines is 1. The highest BCUT2D eigenvalue weighted by Gasteiger charge is 2.50. The van der Waals surface area contributed by atoms with Gasteiger partial charge in [0.05, 0.1) is 30.7 Å². The van der Waals surface area contributed by atoms with E-state index in [9.17, 15) is 24.8 Å². The van der Waals surface area contributed by atoms with Crippen molar-refractivity contribution >= 4 is 34.7 Å². The molecule has 0 aromatic heterocycles. The molecule has 0 spiro atoms. The van der Waals surface area contributed by atoms with E-state index in [1.54, 1.807) is 48.5 Å². The molecule has 0 aliphatic carbocycles. The highest BCUT2D eigenvalue weighted by molar-refractivity contribution is 6.30. The number of methoxy groups -OCH3 is 1. The van der Waals surface area contributed by atoms with Gasteiger partial charge in [0, 0.05) is 22.2 Å². The molecule has 1 aliphatic rings. The van der Waals surface area contributed by atoms with E-state index in [0.29, 0.717) is 16.3 Å². The van der Waals surface area contributed by atoms with Crippen molar-refractivity contribution in [3.05, 3.63) is 98.6 Å². The lowest BCUT2D eigenvalue weighted by Gasteiger charge is -2.23. The molecule has 1 atom stereocenters. The molecule has 3 aromatic rings. The van der Waals surface area contributed by atoms with E-state index in [4.69, 9.17) is 16.3 Å². The average Bonchev–Trinajstić information content (AvgIpc) is 3.00. The number of hydrogen-bond acceptors (Lipinski definition) is 6. The number of benzene rings is 3. The molecule has 1 heterocycles. The van der Waals surface area contributed by atoms with Crippen LogP contribution in [0.25, 0.3) is 0 Å². The highest BCUT2D eigenvalue weighted by Crippen LogP contribution is 2.44. The molecule has 0 radical (unpaired) electrons. The van der Waals surface area contributed by atoms with Crippen LogP contribution in [0, 0.1) is 10.1 Å². The van der Waals surface area contributed by atoms with Crippen molar-refractivity contribution in [3.8, 4) is 5.75 Å². The van der Waals surface area contributed by atoms with Gasteiger partial charge in [0.1, 0.15) is 0 Å². The lowest BCUT2D eigenvalue weighted by molar-refractivity contribution is -0.385. The van der Waals surface area contributed by atoms with Crippen LogP contribution in [-0.4, -0.2) is 28.8 Å². The third-order valence-corrected chi connectivity index (χ3v) is 5.82. The molecule has 33 heavy (non-hydrogen) atoms. The SMILES string of the molecule is COc1ccc(C(=O)CC2(O)C(=O)N(Cc3cccc(Cl)c3)c3ccccc32)cc1[N+](=O)[O-]. The number of halogens is 1. The van der Waals surface area contributed by atoms with Gasteiger partial charge in [-0.15, -0.1) is 0 Å². The first kappa shape index (κ1) is 22.4. The zero-order valence-corrected chi connectivity index (χ0v) is 18.3. The Balaban J connectivity index is 1.67. The van der Waals surface area contributed by atoms with Gasteiger partial charge in [-0.05, 0) is 35.9 Å². The van der Waals surface area contributed by atoms with Gasteiger partial charge >= 0.3 is 5.69 Å². The van der Waals surface area contributed by atoms with Crippen LogP contribution in [0.2, 0.25) is 5.02 Å². The monoisotopic (exact) mass is 466 g/mol. The van der Waals surface area contributed by atoms with E-state index < -0.39 is 28.6 Å². The first-order valence-corrected chi connectivity index (χ1v) is 10.4. The number of nitrogens with zero attached hydrogens (tertiary/aromatic N) is 2. The normalized spacial score (nSPS) is 17.1. The molecule has 0 bridgehead atoms. The molecular formula is C24H19ClN2O6. The van der Waals surface area contributed by atoms with E-state index in [2.05, 4.69) is 0 Å². The van der Waals surface area contributed by atoms with Crippen LogP contribution in [0.3, 0.4) is 0 Å². The summed E-state index contributed by atoms with van der Waals surface area (Å²) in [5.74, 6) is -1.26. The lowest BCUT2D eigenvalue weighted by Crippen LogP contribution is -2.41. The number of ketones is 1. The fourth-order valence-corrected chi connectivity index (χ4v) is 4.21. The van der Waals surface area contributed by atoms with Crippen molar-refractivity contribution in [2.75, 3.05) is 12.0 Å². The van der Waals surface area contributed by atoms with Crippen molar-refractivity contribution in [1.29, 1.82) is 0 Å². The molecule has 0 fully saturated rings.